The Bertz CT molecular complexity index is 1140. The standard InChI is InChI=1S/C67H129NO5/c1-3-5-7-9-11-13-15-17-19-21-22-23-24-25-28-31-35-39-43-47-51-55-59-65(70)64(63-69)68-66(71)60-56-52-48-44-40-36-32-29-26-27-30-34-38-42-46-50-54-58-62-73-67(72)61-57-53-49-45-41-37-33-20-18-16-14-12-10-8-6-4-2/h20,29,32-33,64-65,69-70H,3-19,21-28,30-31,34-63H2,1-2H3,(H,68,71)/b32-29-,33-20-. The molecule has 0 aromatic heterocycles. The summed E-state index contributed by atoms with van der Waals surface area (Å²) in [5.74, 6) is -0.0492. The first kappa shape index (κ1) is 71.3. The number of nitrogens with one attached hydrogen (secondary N) is 1. The summed E-state index contributed by atoms with van der Waals surface area (Å²) in [6.07, 6.45) is 77.7. The summed E-state index contributed by atoms with van der Waals surface area (Å²) in [5.41, 5.74) is 0. The second-order valence-electron chi connectivity index (χ2n) is 22.8. The van der Waals surface area contributed by atoms with Gasteiger partial charge in [0.15, 0.2) is 0 Å². The molecule has 0 saturated carbocycles. The number of hydrogen-bond acceptors (Lipinski definition) is 5. The maximum absolute atomic E-state index is 12.5. The van der Waals surface area contributed by atoms with Crippen LogP contribution in [0.1, 0.15) is 367 Å². The van der Waals surface area contributed by atoms with Crippen LogP contribution in [0.25, 0.3) is 0 Å². The highest BCUT2D eigenvalue weighted by Crippen LogP contribution is 2.18. The van der Waals surface area contributed by atoms with E-state index in [4.69, 9.17) is 4.74 Å². The molecular weight excluding hydrogens is 899 g/mol. The smallest absolute Gasteiger partial charge is 0.305 e. The van der Waals surface area contributed by atoms with Gasteiger partial charge in [-0.1, -0.05) is 301 Å². The minimum Gasteiger partial charge on any atom is -0.466 e. The molecule has 3 N–H and O–H groups in total. The molecule has 0 heterocycles. The van der Waals surface area contributed by atoms with Gasteiger partial charge in [0.2, 0.25) is 5.91 Å². The molecule has 0 radical (unpaired) electrons. The molecule has 2 atom stereocenters. The summed E-state index contributed by atoms with van der Waals surface area (Å²) < 4.78 is 5.48. The second kappa shape index (κ2) is 62.9. The SMILES string of the molecule is CCCCCCCCC/C=C\CCCCCCCC(=O)OCCCCCCCCCCC/C=C\CCCCCCCC(=O)NC(CO)C(O)CCCCCCCCCCCCCCCCCCCCCCCC. The van der Waals surface area contributed by atoms with Gasteiger partial charge in [-0.2, -0.15) is 0 Å². The number of aliphatic hydroxyl groups excluding tert-OH is 2. The number of carbonyl (C=O) groups is 2. The van der Waals surface area contributed by atoms with Crippen molar-refractivity contribution in [3.8, 4) is 0 Å². The Balaban J connectivity index is 3.44. The van der Waals surface area contributed by atoms with Gasteiger partial charge in [0.25, 0.3) is 0 Å². The Morgan fingerprint density at radius 1 is 0.370 bits per heavy atom. The van der Waals surface area contributed by atoms with Crippen molar-refractivity contribution in [1.29, 1.82) is 0 Å². The zero-order valence-electron chi connectivity index (χ0n) is 49.4. The van der Waals surface area contributed by atoms with Gasteiger partial charge in [0, 0.05) is 12.8 Å². The maximum Gasteiger partial charge on any atom is 0.305 e. The van der Waals surface area contributed by atoms with E-state index in [1.54, 1.807) is 0 Å². The van der Waals surface area contributed by atoms with Gasteiger partial charge in [0.1, 0.15) is 0 Å². The first-order valence-electron chi connectivity index (χ1n) is 33.1. The lowest BCUT2D eigenvalue weighted by Gasteiger charge is -2.22. The number of amides is 1. The molecular formula is C67H129NO5. The third-order valence-corrected chi connectivity index (χ3v) is 15.5. The highest BCUT2D eigenvalue weighted by atomic mass is 16.5. The number of allylic oxidation sites excluding steroid dienone is 4. The Hall–Kier alpha value is -1.66. The lowest BCUT2D eigenvalue weighted by Crippen LogP contribution is -2.45. The number of ether oxygens (including phenoxy) is 1. The van der Waals surface area contributed by atoms with Crippen LogP contribution in [0, 0.1) is 0 Å². The molecule has 0 aromatic rings. The zero-order valence-corrected chi connectivity index (χ0v) is 49.4. The molecule has 6 nitrogen and oxygen atoms in total. The number of unbranched alkanes of at least 4 members (excludes halogenated alkanes) is 47. The molecule has 0 spiro atoms. The van der Waals surface area contributed by atoms with E-state index in [1.165, 1.54) is 276 Å². The Morgan fingerprint density at radius 2 is 0.644 bits per heavy atom. The topological polar surface area (TPSA) is 95.9 Å². The molecule has 6 heteroatoms. The summed E-state index contributed by atoms with van der Waals surface area (Å²) in [4.78, 5) is 24.6. The Morgan fingerprint density at radius 3 is 0.973 bits per heavy atom. The van der Waals surface area contributed by atoms with Gasteiger partial charge in [0.05, 0.1) is 25.4 Å². The first-order chi connectivity index (χ1) is 36.0. The fraction of sp³-hybridized carbons (Fsp3) is 0.910. The third-order valence-electron chi connectivity index (χ3n) is 15.5. The van der Waals surface area contributed by atoms with Crippen molar-refractivity contribution >= 4 is 11.9 Å². The predicted octanol–water partition coefficient (Wildman–Crippen LogP) is 21.0. The first-order valence-corrected chi connectivity index (χ1v) is 33.1. The minimum absolute atomic E-state index is 0.00350. The lowest BCUT2D eigenvalue weighted by atomic mass is 10.0. The molecule has 0 rings (SSSR count). The van der Waals surface area contributed by atoms with Crippen LogP contribution < -0.4 is 5.32 Å². The molecule has 0 saturated heterocycles. The molecule has 0 fully saturated rings. The summed E-state index contributed by atoms with van der Waals surface area (Å²) >= 11 is 0. The summed E-state index contributed by atoms with van der Waals surface area (Å²) in [5, 5.41) is 23.4. The van der Waals surface area contributed by atoms with Crippen LogP contribution in [0.4, 0.5) is 0 Å². The normalized spacial score (nSPS) is 12.7. The summed E-state index contributed by atoms with van der Waals surface area (Å²) in [6, 6.07) is -0.553. The minimum atomic E-state index is -0.674. The quantitative estimate of drug-likeness (QED) is 0.0320. The third kappa shape index (κ3) is 59.4. The molecule has 0 aromatic carbocycles. The average molecular weight is 1030 g/mol. The van der Waals surface area contributed by atoms with E-state index in [2.05, 4.69) is 43.5 Å². The highest BCUT2D eigenvalue weighted by molar-refractivity contribution is 5.76. The van der Waals surface area contributed by atoms with Gasteiger partial charge in [-0.15, -0.1) is 0 Å². The van der Waals surface area contributed by atoms with Crippen molar-refractivity contribution in [1.82, 2.24) is 5.32 Å². The largest absolute Gasteiger partial charge is 0.466 e. The number of carbonyl (C=O) groups excluding carboxylic acids is 2. The van der Waals surface area contributed by atoms with Crippen LogP contribution in [-0.2, 0) is 14.3 Å². The molecule has 0 aliphatic carbocycles. The van der Waals surface area contributed by atoms with E-state index in [0.717, 1.165) is 57.8 Å². The fourth-order valence-electron chi connectivity index (χ4n) is 10.4. The van der Waals surface area contributed by atoms with Crippen LogP contribution >= 0.6 is 0 Å². The average Bonchev–Trinajstić information content (AvgIpc) is 3.39. The molecule has 73 heavy (non-hydrogen) atoms. The van der Waals surface area contributed by atoms with Crippen molar-refractivity contribution < 1.29 is 24.5 Å². The fourth-order valence-corrected chi connectivity index (χ4v) is 10.4. The van der Waals surface area contributed by atoms with Gasteiger partial charge in [-0.05, 0) is 77.0 Å². The van der Waals surface area contributed by atoms with Crippen LogP contribution in [0.3, 0.4) is 0 Å². The van der Waals surface area contributed by atoms with Gasteiger partial charge >= 0.3 is 5.97 Å². The van der Waals surface area contributed by atoms with E-state index >= 15 is 0 Å². The van der Waals surface area contributed by atoms with E-state index < -0.39 is 12.1 Å². The van der Waals surface area contributed by atoms with Gasteiger partial charge in [-0.25, -0.2) is 0 Å². The van der Waals surface area contributed by atoms with E-state index in [0.29, 0.717) is 25.9 Å². The molecule has 1 amide bonds. The van der Waals surface area contributed by atoms with Gasteiger partial charge in [-0.3, -0.25) is 9.59 Å². The van der Waals surface area contributed by atoms with Crippen LogP contribution in [0.2, 0.25) is 0 Å². The predicted molar refractivity (Wildman–Crippen MR) is 320 cm³/mol. The molecule has 0 bridgehead atoms. The summed E-state index contributed by atoms with van der Waals surface area (Å²) in [6.45, 7) is 4.96. The van der Waals surface area contributed by atoms with Crippen LogP contribution in [0.15, 0.2) is 24.3 Å². The summed E-state index contributed by atoms with van der Waals surface area (Å²) in [7, 11) is 0. The lowest BCUT2D eigenvalue weighted by molar-refractivity contribution is -0.143. The van der Waals surface area contributed by atoms with Crippen molar-refractivity contribution in [3.05, 3.63) is 24.3 Å². The van der Waals surface area contributed by atoms with Crippen LogP contribution in [0.5, 0.6) is 0 Å². The Labute approximate surface area is 456 Å². The van der Waals surface area contributed by atoms with E-state index in [-0.39, 0.29) is 18.5 Å². The van der Waals surface area contributed by atoms with E-state index in [1.807, 2.05) is 0 Å². The monoisotopic (exact) mass is 1030 g/mol. The van der Waals surface area contributed by atoms with Crippen LogP contribution in [-0.4, -0.2) is 47.4 Å². The number of rotatable bonds is 62. The number of aliphatic hydroxyl groups is 2. The van der Waals surface area contributed by atoms with Crippen molar-refractivity contribution in [2.75, 3.05) is 13.2 Å². The highest BCUT2D eigenvalue weighted by Gasteiger charge is 2.20. The molecule has 0 aliphatic rings. The second-order valence-corrected chi connectivity index (χ2v) is 22.8. The zero-order chi connectivity index (χ0) is 52.9. The molecule has 432 valence electrons. The maximum atomic E-state index is 12.5. The van der Waals surface area contributed by atoms with E-state index in [9.17, 15) is 19.8 Å². The molecule has 2 unspecified atom stereocenters. The van der Waals surface area contributed by atoms with Crippen molar-refractivity contribution in [2.45, 2.75) is 379 Å². The number of hydrogen-bond donors (Lipinski definition) is 3. The van der Waals surface area contributed by atoms with Crippen molar-refractivity contribution in [3.63, 3.8) is 0 Å². The molecule has 0 aliphatic heterocycles. The van der Waals surface area contributed by atoms with Crippen molar-refractivity contribution in [2.24, 2.45) is 0 Å². The number of esters is 1. The van der Waals surface area contributed by atoms with Gasteiger partial charge < -0.3 is 20.3 Å². The Kier molecular flexibility index (Phi) is 61.4.